The maximum Gasteiger partial charge on any atom is 0.326 e. The molecule has 6 saturated carbocycles. The van der Waals surface area contributed by atoms with Gasteiger partial charge in [0.15, 0.2) is 0 Å². The van der Waals surface area contributed by atoms with E-state index in [9.17, 15) is 71.9 Å². The third-order valence-electron chi connectivity index (χ3n) is 24.1. The highest BCUT2D eigenvalue weighted by atomic mass is 16.5. The number of esters is 5. The minimum Gasteiger partial charge on any atom is -0.466 e. The summed E-state index contributed by atoms with van der Waals surface area (Å²) in [6, 6.07) is 0. The summed E-state index contributed by atoms with van der Waals surface area (Å²) in [5.74, 6) is 1.51. The van der Waals surface area contributed by atoms with E-state index in [-0.39, 0.29) is 91.3 Å². The maximum absolute atomic E-state index is 12.3. The van der Waals surface area contributed by atoms with Gasteiger partial charge in [0, 0.05) is 99.7 Å². The molecular weight excluding hydrogens is 1390 g/mol. The summed E-state index contributed by atoms with van der Waals surface area (Å²) in [6.45, 7) is 7.06. The fourth-order valence-electron chi connectivity index (χ4n) is 18.6. The molecule has 5 aliphatic heterocycles. The van der Waals surface area contributed by atoms with Crippen LogP contribution < -0.4 is 0 Å². The molecule has 592 valence electrons. The van der Waals surface area contributed by atoms with E-state index in [0.717, 1.165) is 123 Å². The summed E-state index contributed by atoms with van der Waals surface area (Å²) in [5, 5.41) is 0. The summed E-state index contributed by atoms with van der Waals surface area (Å²) >= 11 is 0. The molecule has 6 fully saturated rings. The van der Waals surface area contributed by atoms with Gasteiger partial charge >= 0.3 is 29.8 Å². The van der Waals surface area contributed by atoms with Crippen molar-refractivity contribution in [3.63, 3.8) is 0 Å². The molecule has 25 heteroatoms. The predicted molar refractivity (Wildman–Crippen MR) is 393 cm³/mol. The standard InChI is InChI=1S/C31H40N2O8.C28H49NO4.C24H26N2O8/c34-26-8-9-27(35)32(26)12-4-1-2-6-31(39)41-19-22-16-21-17-24(22)25-15-20(14-23(21)25)18-40-30(38)7-3-5-13-33-28(36)10-11-29(33)37;1-25(2)19-15-12-10-8-6-4-3-5-7-9-11-13-18-24-33-28(32)20-16-14-17-23-29-26(30)21-22-27(29)31;27-19-1-2-20(28)25(19)9-23(31)33-11-13-5-16-14-7-15(17(8-14)18(16)6-13)12-34-24(32)10-26-21(29)3-4-22(26)30/h8-11,20-25H,1-7,12-19H2;21-22,25H,3-20,23-24H2,1-2H3;1-4,13-18H,5-12H2. The first-order valence-corrected chi connectivity index (χ1v) is 40.6. The number of hydrogen-bond acceptors (Lipinski definition) is 20. The highest BCUT2D eigenvalue weighted by Crippen LogP contribution is 2.63. The first-order valence-electron chi connectivity index (χ1n) is 40.6. The van der Waals surface area contributed by atoms with Gasteiger partial charge in [-0.2, -0.15) is 0 Å². The SMILES string of the molecule is CC(C)CCCCCCCCCCCCCCCOC(=O)CCCCCN1C(=O)C=CC1=O.O=C(CCCCN1C(=O)C=CC1=O)OCC1CC2C3CC(COC(=O)CCCCCN4C(=O)C=CC4=O)C(C3)C2C1.O=C(CN1C(=O)C=CC1=O)OCC1CC2C3CC(COC(=O)CN4C(=O)C=CC4=O)C(C3)C2C1. The van der Waals surface area contributed by atoms with E-state index in [0.29, 0.717) is 144 Å². The fourth-order valence-corrected chi connectivity index (χ4v) is 18.6. The van der Waals surface area contributed by atoms with Crippen LogP contribution in [0.1, 0.15) is 226 Å². The lowest BCUT2D eigenvalue weighted by Crippen LogP contribution is -2.37. The van der Waals surface area contributed by atoms with E-state index in [1.165, 1.54) is 135 Å². The van der Waals surface area contributed by atoms with E-state index < -0.39 is 35.6 Å². The van der Waals surface area contributed by atoms with E-state index >= 15 is 0 Å². The summed E-state index contributed by atoms with van der Waals surface area (Å²) in [4.78, 5) is 182. The van der Waals surface area contributed by atoms with Crippen LogP contribution in [0, 0.1) is 76.9 Å². The molecular formula is C83H115N5O20. The zero-order valence-corrected chi connectivity index (χ0v) is 63.6. The van der Waals surface area contributed by atoms with Crippen LogP contribution in [0.4, 0.5) is 0 Å². The molecule has 0 aromatic rings. The Bertz CT molecular complexity index is 3300. The quantitative estimate of drug-likeness (QED) is 0.0237. The van der Waals surface area contributed by atoms with Crippen molar-refractivity contribution in [2.75, 3.05) is 65.8 Å². The van der Waals surface area contributed by atoms with Crippen molar-refractivity contribution in [2.45, 2.75) is 226 Å². The molecule has 0 radical (unpaired) electrons. The molecule has 108 heavy (non-hydrogen) atoms. The van der Waals surface area contributed by atoms with Gasteiger partial charge in [0.1, 0.15) is 13.1 Å². The number of unbranched alkanes of at least 4 members (excludes halogenated alkanes) is 17. The van der Waals surface area contributed by atoms with Crippen molar-refractivity contribution in [2.24, 2.45) is 76.9 Å². The van der Waals surface area contributed by atoms with E-state index in [2.05, 4.69) is 13.8 Å². The van der Waals surface area contributed by atoms with Crippen molar-refractivity contribution in [1.82, 2.24) is 24.5 Å². The number of rotatable bonds is 45. The van der Waals surface area contributed by atoms with Gasteiger partial charge in [0.2, 0.25) is 0 Å². The Labute approximate surface area is 635 Å². The molecule has 0 N–H and O–H groups in total. The molecule has 5 heterocycles. The summed E-state index contributed by atoms with van der Waals surface area (Å²) in [7, 11) is 0. The number of ether oxygens (including phenoxy) is 5. The monoisotopic (exact) mass is 1500 g/mol. The van der Waals surface area contributed by atoms with Crippen molar-refractivity contribution in [3.8, 4) is 0 Å². The highest BCUT2D eigenvalue weighted by Gasteiger charge is 2.57. The second-order valence-corrected chi connectivity index (χ2v) is 32.1. The average Bonchev–Trinajstić information content (AvgIpc) is 1.60. The molecule has 11 rings (SSSR count). The third-order valence-corrected chi connectivity index (χ3v) is 24.1. The van der Waals surface area contributed by atoms with Crippen LogP contribution in [0.2, 0.25) is 0 Å². The van der Waals surface area contributed by atoms with Gasteiger partial charge in [-0.15, -0.1) is 0 Å². The number of fused-ring (bicyclic) bond motifs is 10. The lowest BCUT2D eigenvalue weighted by atomic mass is 9.76. The Hall–Kier alpha value is -8.25. The smallest absolute Gasteiger partial charge is 0.326 e. The Morgan fingerprint density at radius 1 is 0.296 bits per heavy atom. The average molecular weight is 1500 g/mol. The second-order valence-electron chi connectivity index (χ2n) is 32.1. The summed E-state index contributed by atoms with van der Waals surface area (Å²) in [5.41, 5.74) is 0. The van der Waals surface area contributed by atoms with E-state index in [1.54, 1.807) is 0 Å². The predicted octanol–water partition coefficient (Wildman–Crippen LogP) is 10.3. The van der Waals surface area contributed by atoms with Crippen LogP contribution in [-0.4, -0.2) is 179 Å². The Morgan fingerprint density at radius 3 is 0.944 bits per heavy atom. The molecule has 0 aromatic heterocycles. The normalized spacial score (nSPS) is 25.9. The van der Waals surface area contributed by atoms with E-state index in [4.69, 9.17) is 23.7 Å². The van der Waals surface area contributed by atoms with Gasteiger partial charge in [0.25, 0.3) is 59.1 Å². The molecule has 4 bridgehead atoms. The van der Waals surface area contributed by atoms with Crippen LogP contribution in [0.3, 0.4) is 0 Å². The lowest BCUT2D eigenvalue weighted by Gasteiger charge is -2.31. The largest absolute Gasteiger partial charge is 0.466 e. The second kappa shape index (κ2) is 42.6. The number of nitrogens with zero attached hydrogens (tertiary/aromatic N) is 5. The van der Waals surface area contributed by atoms with Crippen LogP contribution in [0.15, 0.2) is 60.8 Å². The number of imide groups is 5. The zero-order valence-electron chi connectivity index (χ0n) is 63.6. The minimum atomic E-state index is -0.583. The summed E-state index contributed by atoms with van der Waals surface area (Å²) in [6.07, 6.45) is 45.9. The van der Waals surface area contributed by atoms with Crippen molar-refractivity contribution in [1.29, 1.82) is 0 Å². The Kier molecular flexibility index (Phi) is 33.1. The molecule has 0 saturated heterocycles. The lowest BCUT2D eigenvalue weighted by molar-refractivity contribution is -0.153. The first kappa shape index (κ1) is 83.8. The Morgan fingerprint density at radius 2 is 0.574 bits per heavy atom. The maximum atomic E-state index is 12.3. The van der Waals surface area contributed by atoms with Gasteiger partial charge in [-0.1, -0.05) is 110 Å². The number of carbonyl (C=O) groups excluding carboxylic acids is 15. The molecule has 10 amide bonds. The fraction of sp³-hybridized carbons (Fsp3) is 0.699. The summed E-state index contributed by atoms with van der Waals surface area (Å²) < 4.78 is 27.4. The van der Waals surface area contributed by atoms with Crippen LogP contribution in [0.25, 0.3) is 0 Å². The van der Waals surface area contributed by atoms with Crippen molar-refractivity contribution in [3.05, 3.63) is 60.8 Å². The van der Waals surface area contributed by atoms with Crippen molar-refractivity contribution >= 4 is 88.9 Å². The molecule has 0 spiro atoms. The first-order chi connectivity index (χ1) is 52.1. The molecule has 25 nitrogen and oxygen atoms in total. The van der Waals surface area contributed by atoms with Gasteiger partial charge in [-0.25, -0.2) is 0 Å². The zero-order chi connectivity index (χ0) is 77.1. The third kappa shape index (κ3) is 25.1. The van der Waals surface area contributed by atoms with Crippen molar-refractivity contribution < 1.29 is 95.6 Å². The molecule has 0 aromatic carbocycles. The topological polar surface area (TPSA) is 318 Å². The van der Waals surface area contributed by atoms with Gasteiger partial charge < -0.3 is 23.7 Å². The molecule has 11 aliphatic rings. The highest BCUT2D eigenvalue weighted by molar-refractivity contribution is 6.16. The number of hydrogen-bond donors (Lipinski definition) is 0. The van der Waals surface area contributed by atoms with Crippen LogP contribution >= 0.6 is 0 Å². The Balaban J connectivity index is 0.000000189. The molecule has 6 aliphatic carbocycles. The van der Waals surface area contributed by atoms with Gasteiger partial charge in [0.05, 0.1) is 33.0 Å². The molecule has 12 atom stereocenters. The van der Waals surface area contributed by atoms with Crippen LogP contribution in [0.5, 0.6) is 0 Å². The van der Waals surface area contributed by atoms with Gasteiger partial charge in [-0.3, -0.25) is 96.4 Å². The van der Waals surface area contributed by atoms with Gasteiger partial charge in [-0.05, 0) is 173 Å². The molecule has 12 unspecified atom stereocenters. The van der Waals surface area contributed by atoms with Crippen LogP contribution in [-0.2, 0) is 95.6 Å². The number of amides is 10. The van der Waals surface area contributed by atoms with E-state index in [1.807, 2.05) is 0 Å². The minimum absolute atomic E-state index is 0.134. The number of carbonyl (C=O) groups is 15.